The molecule has 2 fully saturated rings. The third kappa shape index (κ3) is 5.15. The van der Waals surface area contributed by atoms with Crippen molar-refractivity contribution in [2.24, 2.45) is 0 Å². The van der Waals surface area contributed by atoms with Gasteiger partial charge >= 0.3 is 6.18 Å². The molecule has 208 valence electrons. The quantitative estimate of drug-likeness (QED) is 0.301. The van der Waals surface area contributed by atoms with Crippen molar-refractivity contribution in [3.63, 3.8) is 0 Å². The smallest absolute Gasteiger partial charge is 0.379 e. The van der Waals surface area contributed by atoms with Crippen LogP contribution in [0.25, 0.3) is 11.6 Å². The molecule has 3 aliphatic heterocycles. The fourth-order valence-corrected chi connectivity index (χ4v) is 5.53. The highest BCUT2D eigenvalue weighted by atomic mass is 19.4. The van der Waals surface area contributed by atoms with E-state index in [4.69, 9.17) is 4.74 Å². The fraction of sp³-hybridized carbons (Fsp3) is 0.423. The molecule has 1 aromatic carbocycles. The standard InChI is InChI=1S/C26H27F4N5O4/c1-14-22(25(38)35-4-2-15(3-5-35)34-6-8-39-9-7-34)23(26(28,29)30)21(32-14)11-17-16-10-18(27)20(31-13-36)12-19(16)33-24(17)37/h10-13,15,32H,2-9H2,1H3,(H,31,36)(H,33,37)/b17-11-. The number of carbonyl (C=O) groups is 3. The summed E-state index contributed by atoms with van der Waals surface area (Å²) in [6.07, 6.45) is -2.37. The number of hydrogen-bond donors (Lipinski definition) is 3. The summed E-state index contributed by atoms with van der Waals surface area (Å²) in [6, 6.07) is 2.38. The van der Waals surface area contributed by atoms with Crippen molar-refractivity contribution in [3.05, 3.63) is 46.0 Å². The summed E-state index contributed by atoms with van der Waals surface area (Å²) < 4.78 is 63.0. The zero-order chi connectivity index (χ0) is 27.9. The van der Waals surface area contributed by atoms with E-state index in [0.29, 0.717) is 39.1 Å². The number of aromatic amines is 1. The van der Waals surface area contributed by atoms with E-state index in [9.17, 15) is 31.9 Å². The van der Waals surface area contributed by atoms with Gasteiger partial charge < -0.3 is 25.3 Å². The highest BCUT2D eigenvalue weighted by Crippen LogP contribution is 2.41. The van der Waals surface area contributed by atoms with Gasteiger partial charge in [-0.1, -0.05) is 0 Å². The number of alkyl halides is 3. The van der Waals surface area contributed by atoms with Crippen LogP contribution in [0.3, 0.4) is 0 Å². The summed E-state index contributed by atoms with van der Waals surface area (Å²) in [6.45, 7) is 4.89. The molecule has 2 aromatic rings. The molecule has 9 nitrogen and oxygen atoms in total. The molecule has 13 heteroatoms. The number of fused-ring (bicyclic) bond motifs is 1. The van der Waals surface area contributed by atoms with Gasteiger partial charge in [0.15, 0.2) is 0 Å². The largest absolute Gasteiger partial charge is 0.419 e. The Morgan fingerprint density at radius 3 is 2.49 bits per heavy atom. The molecular formula is C26H27F4N5O4. The first kappa shape index (κ1) is 26.9. The Labute approximate surface area is 221 Å². The van der Waals surface area contributed by atoms with E-state index in [-0.39, 0.29) is 40.7 Å². The molecule has 0 bridgehead atoms. The van der Waals surface area contributed by atoms with Gasteiger partial charge in [-0.05, 0) is 38.0 Å². The molecule has 3 N–H and O–H groups in total. The van der Waals surface area contributed by atoms with Crippen LogP contribution in [-0.4, -0.2) is 78.4 Å². The Kier molecular flexibility index (Phi) is 7.21. The van der Waals surface area contributed by atoms with Crippen LogP contribution in [-0.2, 0) is 20.5 Å². The van der Waals surface area contributed by atoms with Crippen LogP contribution in [0.15, 0.2) is 12.1 Å². The number of anilines is 2. The van der Waals surface area contributed by atoms with E-state index in [1.165, 1.54) is 17.9 Å². The number of carbonyl (C=O) groups excluding carboxylic acids is 3. The number of rotatable bonds is 5. The number of aromatic nitrogens is 1. The molecule has 3 aliphatic rings. The van der Waals surface area contributed by atoms with Gasteiger partial charge in [0.25, 0.3) is 11.8 Å². The molecular weight excluding hydrogens is 522 g/mol. The maximum absolute atomic E-state index is 14.4. The second-order valence-corrected chi connectivity index (χ2v) is 9.74. The minimum Gasteiger partial charge on any atom is -0.379 e. The average Bonchev–Trinajstić information content (AvgIpc) is 3.40. The van der Waals surface area contributed by atoms with Crippen LogP contribution in [0.4, 0.5) is 28.9 Å². The first-order valence-electron chi connectivity index (χ1n) is 12.6. The Morgan fingerprint density at radius 2 is 1.85 bits per heavy atom. The van der Waals surface area contributed by atoms with Crippen molar-refractivity contribution in [1.82, 2.24) is 14.8 Å². The Hall–Kier alpha value is -3.71. The van der Waals surface area contributed by atoms with Crippen LogP contribution in [0, 0.1) is 12.7 Å². The lowest BCUT2D eigenvalue weighted by molar-refractivity contribution is -0.138. The van der Waals surface area contributed by atoms with Gasteiger partial charge in [0.1, 0.15) is 5.82 Å². The van der Waals surface area contributed by atoms with Gasteiger partial charge in [-0.25, -0.2) is 4.39 Å². The number of likely N-dealkylation sites (tertiary alicyclic amines) is 1. The molecule has 4 heterocycles. The minimum absolute atomic E-state index is 0.0183. The van der Waals surface area contributed by atoms with E-state index in [2.05, 4.69) is 20.5 Å². The van der Waals surface area contributed by atoms with Crippen LogP contribution >= 0.6 is 0 Å². The number of H-pyrrole nitrogens is 1. The third-order valence-electron chi connectivity index (χ3n) is 7.42. The number of nitrogens with one attached hydrogen (secondary N) is 3. The van der Waals surface area contributed by atoms with Crippen molar-refractivity contribution in [2.45, 2.75) is 32.0 Å². The van der Waals surface area contributed by atoms with E-state index in [1.807, 2.05) is 0 Å². The van der Waals surface area contributed by atoms with E-state index < -0.39 is 40.6 Å². The van der Waals surface area contributed by atoms with E-state index in [1.54, 1.807) is 0 Å². The molecule has 0 spiro atoms. The molecule has 2 saturated heterocycles. The van der Waals surface area contributed by atoms with Gasteiger partial charge in [0.2, 0.25) is 6.41 Å². The zero-order valence-corrected chi connectivity index (χ0v) is 21.1. The fourth-order valence-electron chi connectivity index (χ4n) is 5.53. The average molecular weight is 550 g/mol. The monoisotopic (exact) mass is 549 g/mol. The number of hydrogen-bond acceptors (Lipinski definition) is 5. The highest BCUT2D eigenvalue weighted by Gasteiger charge is 2.42. The third-order valence-corrected chi connectivity index (χ3v) is 7.42. The maximum Gasteiger partial charge on any atom is 0.419 e. The predicted molar refractivity (Wildman–Crippen MR) is 134 cm³/mol. The van der Waals surface area contributed by atoms with Gasteiger partial charge in [0.05, 0.1) is 47.0 Å². The summed E-state index contributed by atoms with van der Waals surface area (Å²) in [5, 5.41) is 4.62. The second-order valence-electron chi connectivity index (χ2n) is 9.74. The Balaban J connectivity index is 1.45. The number of aryl methyl sites for hydroxylation is 1. The molecule has 3 amide bonds. The summed E-state index contributed by atoms with van der Waals surface area (Å²) in [5.74, 6) is -2.34. The van der Waals surface area contributed by atoms with Crippen molar-refractivity contribution >= 4 is 41.2 Å². The van der Waals surface area contributed by atoms with Crippen molar-refractivity contribution in [2.75, 3.05) is 50.0 Å². The Bertz CT molecular complexity index is 1340. The SMILES string of the molecule is Cc1[nH]c(/C=C2\C(=O)Nc3cc(NC=O)c(F)cc32)c(C(F)(F)F)c1C(=O)N1CCC(N2CCOCC2)CC1. The lowest BCUT2D eigenvalue weighted by Crippen LogP contribution is -2.50. The number of morpholine rings is 1. The number of benzene rings is 1. The lowest BCUT2D eigenvalue weighted by Gasteiger charge is -2.40. The second kappa shape index (κ2) is 10.5. The number of halogens is 4. The predicted octanol–water partition coefficient (Wildman–Crippen LogP) is 3.48. The minimum atomic E-state index is -4.91. The summed E-state index contributed by atoms with van der Waals surface area (Å²) in [5.41, 5.74) is -2.35. The van der Waals surface area contributed by atoms with Gasteiger partial charge in [0, 0.05) is 43.5 Å². The summed E-state index contributed by atoms with van der Waals surface area (Å²) in [7, 11) is 0. The molecule has 1 aromatic heterocycles. The van der Waals surface area contributed by atoms with Crippen LogP contribution in [0.5, 0.6) is 0 Å². The first-order chi connectivity index (χ1) is 18.6. The number of piperidine rings is 1. The number of nitrogens with zero attached hydrogens (tertiary/aromatic N) is 2. The first-order valence-corrected chi connectivity index (χ1v) is 12.6. The van der Waals surface area contributed by atoms with Gasteiger partial charge in [-0.3, -0.25) is 19.3 Å². The topological polar surface area (TPSA) is 107 Å². The number of ether oxygens (including phenoxy) is 1. The lowest BCUT2D eigenvalue weighted by atomic mass is 9.99. The highest BCUT2D eigenvalue weighted by molar-refractivity contribution is 6.35. The molecule has 0 radical (unpaired) electrons. The van der Waals surface area contributed by atoms with E-state index in [0.717, 1.165) is 25.2 Å². The molecule has 0 saturated carbocycles. The van der Waals surface area contributed by atoms with Crippen molar-refractivity contribution in [3.8, 4) is 0 Å². The van der Waals surface area contributed by atoms with E-state index >= 15 is 0 Å². The van der Waals surface area contributed by atoms with Crippen molar-refractivity contribution in [1.29, 1.82) is 0 Å². The number of amides is 3. The molecule has 39 heavy (non-hydrogen) atoms. The maximum atomic E-state index is 14.4. The molecule has 5 rings (SSSR count). The molecule has 0 atom stereocenters. The normalized spacial score (nSPS) is 19.8. The Morgan fingerprint density at radius 1 is 1.15 bits per heavy atom. The summed E-state index contributed by atoms with van der Waals surface area (Å²) >= 11 is 0. The molecule has 0 unspecified atom stereocenters. The van der Waals surface area contributed by atoms with Crippen LogP contribution < -0.4 is 10.6 Å². The van der Waals surface area contributed by atoms with Crippen LogP contribution in [0.2, 0.25) is 0 Å². The van der Waals surface area contributed by atoms with Crippen LogP contribution in [0.1, 0.15) is 45.7 Å². The summed E-state index contributed by atoms with van der Waals surface area (Å²) in [4.78, 5) is 43.1. The van der Waals surface area contributed by atoms with Gasteiger partial charge in [-0.15, -0.1) is 0 Å². The zero-order valence-electron chi connectivity index (χ0n) is 21.1. The molecule has 0 aliphatic carbocycles. The van der Waals surface area contributed by atoms with Crippen molar-refractivity contribution < 1.29 is 36.7 Å². The van der Waals surface area contributed by atoms with Gasteiger partial charge in [-0.2, -0.15) is 13.2 Å².